The summed E-state index contributed by atoms with van der Waals surface area (Å²) in [5.41, 5.74) is 3.74. The van der Waals surface area contributed by atoms with Crippen molar-refractivity contribution in [2.45, 2.75) is 37.8 Å². The third-order valence-electron chi connectivity index (χ3n) is 7.07. The van der Waals surface area contributed by atoms with E-state index >= 15 is 0 Å². The Labute approximate surface area is 263 Å². The minimum atomic E-state index is -4.23. The van der Waals surface area contributed by atoms with Crippen molar-refractivity contribution in [2.75, 3.05) is 17.9 Å². The van der Waals surface area contributed by atoms with Crippen LogP contribution in [0, 0.1) is 13.8 Å². The van der Waals surface area contributed by atoms with Crippen LogP contribution in [-0.2, 0) is 32.6 Å². The van der Waals surface area contributed by atoms with Gasteiger partial charge < -0.3 is 10.2 Å². The summed E-state index contributed by atoms with van der Waals surface area (Å²) in [6.07, 6.45) is 0.232. The Balaban J connectivity index is 1.80. The number of benzene rings is 4. The molecule has 0 heterocycles. The van der Waals surface area contributed by atoms with Gasteiger partial charge in [-0.25, -0.2) is 8.42 Å². The Hall–Kier alpha value is -3.85. The molecule has 0 spiro atoms. The third-order valence-corrected chi connectivity index (χ3v) is 9.60. The first-order chi connectivity index (χ1) is 20.5. The van der Waals surface area contributed by atoms with Gasteiger partial charge in [-0.3, -0.25) is 13.9 Å². The van der Waals surface area contributed by atoms with E-state index in [0.717, 1.165) is 26.6 Å². The maximum atomic E-state index is 14.3. The lowest BCUT2D eigenvalue weighted by Gasteiger charge is -2.33. The van der Waals surface area contributed by atoms with Crippen LogP contribution < -0.4 is 9.62 Å². The number of hydrogen-bond donors (Lipinski definition) is 1. The van der Waals surface area contributed by atoms with Crippen molar-refractivity contribution in [2.24, 2.45) is 0 Å². The lowest BCUT2D eigenvalue weighted by molar-refractivity contribution is -0.139. The van der Waals surface area contributed by atoms with Crippen LogP contribution in [0.3, 0.4) is 0 Å². The number of rotatable bonds is 11. The van der Waals surface area contributed by atoms with E-state index in [2.05, 4.69) is 5.32 Å². The van der Waals surface area contributed by atoms with E-state index < -0.39 is 28.5 Å². The second kappa shape index (κ2) is 14.1. The minimum Gasteiger partial charge on any atom is -0.357 e. The van der Waals surface area contributed by atoms with Gasteiger partial charge >= 0.3 is 0 Å². The van der Waals surface area contributed by atoms with Gasteiger partial charge in [-0.1, -0.05) is 101 Å². The van der Waals surface area contributed by atoms with Gasteiger partial charge in [0.1, 0.15) is 12.6 Å². The summed E-state index contributed by atoms with van der Waals surface area (Å²) in [5.74, 6) is -0.932. The zero-order valence-electron chi connectivity index (χ0n) is 24.1. The first kappa shape index (κ1) is 32.1. The van der Waals surface area contributed by atoms with E-state index in [1.165, 1.54) is 42.3 Å². The number of aryl methyl sites for hydroxylation is 2. The molecule has 4 aromatic rings. The molecule has 0 bridgehead atoms. The van der Waals surface area contributed by atoms with Crippen molar-refractivity contribution < 1.29 is 18.0 Å². The van der Waals surface area contributed by atoms with Crippen LogP contribution in [0.25, 0.3) is 0 Å². The first-order valence-electron chi connectivity index (χ1n) is 13.6. The zero-order chi connectivity index (χ0) is 31.1. The van der Waals surface area contributed by atoms with Crippen LogP contribution in [-0.4, -0.2) is 44.8 Å². The number of carbonyl (C=O) groups excluding carboxylic acids is 2. The second-order valence-corrected chi connectivity index (χ2v) is 12.9. The molecule has 0 aliphatic carbocycles. The quantitative estimate of drug-likeness (QED) is 0.212. The predicted octanol–water partition coefficient (Wildman–Crippen LogP) is 6.19. The minimum absolute atomic E-state index is 0.00851. The SMILES string of the molecule is CNC(=O)[C@@H](Cc1ccccc1)N(Cc1ccc(C)cc1)C(=O)CN(c1ccc(Cl)c(Cl)c1)S(=O)(=O)c1ccc(C)cc1. The number of likely N-dealkylation sites (N-methyl/N-ethyl adjacent to an activating group) is 1. The van der Waals surface area contributed by atoms with Gasteiger partial charge in [-0.05, 0) is 55.3 Å². The smallest absolute Gasteiger partial charge is 0.264 e. The largest absolute Gasteiger partial charge is 0.357 e. The average Bonchev–Trinajstić information content (AvgIpc) is 3.00. The Morgan fingerprint density at radius 3 is 1.98 bits per heavy atom. The topological polar surface area (TPSA) is 86.8 Å². The first-order valence-corrected chi connectivity index (χ1v) is 15.8. The molecule has 0 saturated carbocycles. The van der Waals surface area contributed by atoms with E-state index in [9.17, 15) is 18.0 Å². The number of hydrogen-bond acceptors (Lipinski definition) is 4. The number of halogens is 2. The highest BCUT2D eigenvalue weighted by molar-refractivity contribution is 7.92. The molecule has 43 heavy (non-hydrogen) atoms. The van der Waals surface area contributed by atoms with Crippen LogP contribution in [0.4, 0.5) is 5.69 Å². The van der Waals surface area contributed by atoms with Gasteiger partial charge in [0.25, 0.3) is 10.0 Å². The monoisotopic (exact) mass is 637 g/mol. The Morgan fingerprint density at radius 2 is 1.40 bits per heavy atom. The van der Waals surface area contributed by atoms with Crippen LogP contribution in [0.5, 0.6) is 0 Å². The Morgan fingerprint density at radius 1 is 0.791 bits per heavy atom. The molecule has 2 amide bonds. The molecule has 1 atom stereocenters. The van der Waals surface area contributed by atoms with E-state index in [1.54, 1.807) is 12.1 Å². The molecule has 0 fully saturated rings. The van der Waals surface area contributed by atoms with Crippen molar-refractivity contribution in [3.8, 4) is 0 Å². The summed E-state index contributed by atoms with van der Waals surface area (Å²) in [6.45, 7) is 3.32. The molecule has 10 heteroatoms. The zero-order valence-corrected chi connectivity index (χ0v) is 26.5. The number of anilines is 1. The van der Waals surface area contributed by atoms with Gasteiger partial charge in [0.05, 0.1) is 20.6 Å². The molecule has 0 radical (unpaired) electrons. The van der Waals surface area contributed by atoms with Crippen molar-refractivity contribution in [3.63, 3.8) is 0 Å². The highest BCUT2D eigenvalue weighted by Crippen LogP contribution is 2.31. The lowest BCUT2D eigenvalue weighted by Crippen LogP contribution is -2.53. The molecule has 0 aromatic heterocycles. The molecule has 1 N–H and O–H groups in total. The molecular weight excluding hydrogens is 605 g/mol. The summed E-state index contributed by atoms with van der Waals surface area (Å²) in [4.78, 5) is 29.1. The number of nitrogens with zero attached hydrogens (tertiary/aromatic N) is 2. The molecule has 0 aliphatic rings. The molecule has 0 saturated heterocycles. The molecule has 7 nitrogen and oxygen atoms in total. The van der Waals surface area contributed by atoms with Crippen molar-refractivity contribution in [1.29, 1.82) is 0 Å². The number of amides is 2. The second-order valence-electron chi connectivity index (χ2n) is 10.3. The van der Waals surface area contributed by atoms with Crippen molar-refractivity contribution in [1.82, 2.24) is 10.2 Å². The van der Waals surface area contributed by atoms with Crippen molar-refractivity contribution >= 4 is 50.7 Å². The molecule has 224 valence electrons. The fourth-order valence-corrected chi connectivity index (χ4v) is 6.32. The number of carbonyl (C=O) groups is 2. The van der Waals surface area contributed by atoms with E-state index in [1.807, 2.05) is 68.4 Å². The van der Waals surface area contributed by atoms with E-state index in [-0.39, 0.29) is 39.5 Å². The van der Waals surface area contributed by atoms with Gasteiger partial charge in [0.2, 0.25) is 11.8 Å². The summed E-state index contributed by atoms with van der Waals surface area (Å²) >= 11 is 12.4. The summed E-state index contributed by atoms with van der Waals surface area (Å²) < 4.78 is 29.1. The lowest BCUT2D eigenvalue weighted by atomic mass is 10.0. The van der Waals surface area contributed by atoms with Gasteiger partial charge in [-0.2, -0.15) is 0 Å². The van der Waals surface area contributed by atoms with Crippen LogP contribution >= 0.6 is 23.2 Å². The summed E-state index contributed by atoms with van der Waals surface area (Å²) in [6, 6.07) is 26.8. The Bertz CT molecular complexity index is 1680. The average molecular weight is 639 g/mol. The fourth-order valence-electron chi connectivity index (χ4n) is 4.62. The van der Waals surface area contributed by atoms with Crippen molar-refractivity contribution in [3.05, 3.63) is 129 Å². The number of sulfonamides is 1. The summed E-state index contributed by atoms with van der Waals surface area (Å²) in [5, 5.41) is 3.06. The molecular formula is C33H33Cl2N3O4S. The maximum Gasteiger partial charge on any atom is 0.264 e. The van der Waals surface area contributed by atoms with Crippen LogP contribution in [0.2, 0.25) is 10.0 Å². The normalized spacial score (nSPS) is 11.9. The van der Waals surface area contributed by atoms with E-state index in [4.69, 9.17) is 23.2 Å². The molecule has 0 unspecified atom stereocenters. The third kappa shape index (κ3) is 7.96. The predicted molar refractivity (Wildman–Crippen MR) is 172 cm³/mol. The standard InChI is InChI=1S/C33H33Cl2N3O4S/c1-23-9-13-26(14-10-23)21-37(31(33(40)36-3)19-25-7-5-4-6-8-25)32(39)22-38(27-15-18-29(34)30(35)20-27)43(41,42)28-16-11-24(2)12-17-28/h4-18,20,31H,19,21-22H2,1-3H3,(H,36,40)/t31-/m1/s1. The number of nitrogens with one attached hydrogen (secondary N) is 1. The Kier molecular flexibility index (Phi) is 10.5. The molecule has 0 aliphatic heterocycles. The van der Waals surface area contributed by atoms with Gasteiger partial charge in [0.15, 0.2) is 0 Å². The highest BCUT2D eigenvalue weighted by Gasteiger charge is 2.34. The highest BCUT2D eigenvalue weighted by atomic mass is 35.5. The fraction of sp³-hybridized carbons (Fsp3) is 0.212. The van der Waals surface area contributed by atoms with Gasteiger partial charge in [-0.15, -0.1) is 0 Å². The van der Waals surface area contributed by atoms with Gasteiger partial charge in [0, 0.05) is 20.0 Å². The van der Waals surface area contributed by atoms with Crippen LogP contribution in [0.15, 0.2) is 102 Å². The van der Waals surface area contributed by atoms with E-state index in [0.29, 0.717) is 0 Å². The van der Waals surface area contributed by atoms with Crippen LogP contribution in [0.1, 0.15) is 22.3 Å². The summed E-state index contributed by atoms with van der Waals surface area (Å²) in [7, 11) is -2.72. The molecule has 4 rings (SSSR count). The molecule has 4 aromatic carbocycles. The maximum absolute atomic E-state index is 14.3.